The summed E-state index contributed by atoms with van der Waals surface area (Å²) in [6.07, 6.45) is 2.87. The minimum absolute atomic E-state index is 0.555. The van der Waals surface area contributed by atoms with Gasteiger partial charge in [0.15, 0.2) is 0 Å². The van der Waals surface area contributed by atoms with Crippen molar-refractivity contribution >= 4 is 5.69 Å². The van der Waals surface area contributed by atoms with Gasteiger partial charge in [-0.3, -0.25) is 0 Å². The minimum atomic E-state index is 0.555. The summed E-state index contributed by atoms with van der Waals surface area (Å²) in [7, 11) is 0. The molecule has 1 fully saturated rings. The molecule has 4 heteroatoms. The number of nitrogens with zero attached hydrogens (tertiary/aromatic N) is 1. The fraction of sp³-hybridized carbons (Fsp3) is 0.500. The molecule has 14 heavy (non-hydrogen) atoms. The predicted octanol–water partition coefficient (Wildman–Crippen LogP) is 0.652. The number of ether oxygens (including phenoxy) is 1. The molecule has 0 aliphatic carbocycles. The Bertz CT molecular complexity index is 297. The number of pyridine rings is 1. The highest BCUT2D eigenvalue weighted by Crippen LogP contribution is 2.18. The molecule has 4 nitrogen and oxygen atoms in total. The quantitative estimate of drug-likeness (QED) is 0.740. The Morgan fingerprint density at radius 1 is 1.64 bits per heavy atom. The highest BCUT2D eigenvalue weighted by atomic mass is 16.5. The number of nitrogen functional groups attached to an aromatic ring is 1. The molecule has 3 N–H and O–H groups in total. The molecule has 1 unspecified atom stereocenters. The Morgan fingerprint density at radius 2 is 2.57 bits per heavy atom. The van der Waals surface area contributed by atoms with Gasteiger partial charge in [-0.25, -0.2) is 4.98 Å². The second-order valence-electron chi connectivity index (χ2n) is 3.57. The van der Waals surface area contributed by atoms with Gasteiger partial charge < -0.3 is 15.8 Å². The average Bonchev–Trinajstić information content (AvgIpc) is 2.69. The number of rotatable bonds is 3. The number of anilines is 1. The smallest absolute Gasteiger partial charge is 0.237 e. The first kappa shape index (κ1) is 9.27. The average molecular weight is 193 g/mol. The van der Waals surface area contributed by atoms with Crippen molar-refractivity contribution in [1.29, 1.82) is 0 Å². The van der Waals surface area contributed by atoms with E-state index in [1.165, 1.54) is 6.42 Å². The molecule has 1 aliphatic rings. The van der Waals surface area contributed by atoms with Crippen LogP contribution in [-0.4, -0.2) is 24.7 Å². The van der Waals surface area contributed by atoms with Crippen molar-refractivity contribution in [2.75, 3.05) is 25.4 Å². The Hall–Kier alpha value is -1.29. The molecule has 0 aromatic carbocycles. The van der Waals surface area contributed by atoms with Crippen LogP contribution in [0.1, 0.15) is 6.42 Å². The molecule has 0 saturated carbocycles. The van der Waals surface area contributed by atoms with E-state index in [0.29, 0.717) is 24.1 Å². The fourth-order valence-electron chi connectivity index (χ4n) is 1.58. The zero-order chi connectivity index (χ0) is 9.80. The maximum Gasteiger partial charge on any atom is 0.237 e. The van der Waals surface area contributed by atoms with Crippen molar-refractivity contribution in [2.45, 2.75) is 6.42 Å². The van der Waals surface area contributed by atoms with Crippen LogP contribution in [0.15, 0.2) is 18.3 Å². The summed E-state index contributed by atoms with van der Waals surface area (Å²) >= 11 is 0. The zero-order valence-electron chi connectivity index (χ0n) is 8.07. The molecule has 2 rings (SSSR count). The monoisotopic (exact) mass is 193 g/mol. The molecule has 1 aromatic rings. The first-order valence-electron chi connectivity index (χ1n) is 4.90. The molecule has 0 radical (unpaired) electrons. The van der Waals surface area contributed by atoms with Crippen LogP contribution >= 0.6 is 0 Å². The lowest BCUT2D eigenvalue weighted by Crippen LogP contribution is -2.16. The van der Waals surface area contributed by atoms with Crippen molar-refractivity contribution in [1.82, 2.24) is 10.3 Å². The molecule has 1 saturated heterocycles. The summed E-state index contributed by atoms with van der Waals surface area (Å²) in [5.74, 6) is 1.15. The van der Waals surface area contributed by atoms with Crippen LogP contribution < -0.4 is 15.8 Å². The summed E-state index contributed by atoms with van der Waals surface area (Å²) < 4.78 is 5.54. The van der Waals surface area contributed by atoms with Crippen LogP contribution in [0.3, 0.4) is 0 Å². The van der Waals surface area contributed by atoms with Crippen LogP contribution in [0, 0.1) is 5.92 Å². The van der Waals surface area contributed by atoms with E-state index in [9.17, 15) is 0 Å². The Labute approximate surface area is 83.5 Å². The molecule has 1 aliphatic heterocycles. The summed E-state index contributed by atoms with van der Waals surface area (Å²) in [6.45, 7) is 2.83. The second kappa shape index (κ2) is 4.28. The van der Waals surface area contributed by atoms with Gasteiger partial charge in [0.1, 0.15) is 0 Å². The highest BCUT2D eigenvalue weighted by Gasteiger charge is 2.15. The van der Waals surface area contributed by atoms with Crippen LogP contribution in [0.5, 0.6) is 5.88 Å². The van der Waals surface area contributed by atoms with Crippen molar-refractivity contribution in [3.8, 4) is 5.88 Å². The van der Waals surface area contributed by atoms with E-state index in [2.05, 4.69) is 10.3 Å². The van der Waals surface area contributed by atoms with E-state index in [1.54, 1.807) is 18.3 Å². The Morgan fingerprint density at radius 3 is 3.29 bits per heavy atom. The number of hydrogen-bond donors (Lipinski definition) is 2. The molecular weight excluding hydrogens is 178 g/mol. The lowest BCUT2D eigenvalue weighted by Gasteiger charge is -2.10. The first-order valence-corrected chi connectivity index (χ1v) is 4.90. The van der Waals surface area contributed by atoms with Crippen LogP contribution in [0.2, 0.25) is 0 Å². The summed E-state index contributed by atoms with van der Waals surface area (Å²) in [5.41, 5.74) is 6.31. The van der Waals surface area contributed by atoms with Crippen LogP contribution in [0.25, 0.3) is 0 Å². The minimum Gasteiger partial charge on any atom is -0.476 e. The molecule has 0 spiro atoms. The van der Waals surface area contributed by atoms with E-state index >= 15 is 0 Å². The van der Waals surface area contributed by atoms with Crippen molar-refractivity contribution in [3.05, 3.63) is 18.3 Å². The van der Waals surface area contributed by atoms with Gasteiger partial charge in [0, 0.05) is 18.7 Å². The van der Waals surface area contributed by atoms with Gasteiger partial charge in [0.05, 0.1) is 12.3 Å². The summed E-state index contributed by atoms with van der Waals surface area (Å²) in [5, 5.41) is 3.29. The van der Waals surface area contributed by atoms with Gasteiger partial charge in [-0.1, -0.05) is 0 Å². The third-order valence-corrected chi connectivity index (χ3v) is 2.42. The van der Waals surface area contributed by atoms with Crippen molar-refractivity contribution < 1.29 is 4.74 Å². The normalized spacial score (nSPS) is 21.0. The number of aromatic nitrogens is 1. The Balaban J connectivity index is 1.88. The maximum absolute atomic E-state index is 5.70. The van der Waals surface area contributed by atoms with Crippen LogP contribution in [0.4, 0.5) is 5.69 Å². The third-order valence-electron chi connectivity index (χ3n) is 2.42. The second-order valence-corrected chi connectivity index (χ2v) is 3.57. The Kier molecular flexibility index (Phi) is 2.84. The van der Waals surface area contributed by atoms with Crippen molar-refractivity contribution in [3.63, 3.8) is 0 Å². The number of hydrogen-bond acceptors (Lipinski definition) is 4. The van der Waals surface area contributed by atoms with E-state index in [1.807, 2.05) is 0 Å². The lowest BCUT2D eigenvalue weighted by atomic mass is 10.1. The SMILES string of the molecule is Nc1cccnc1OCC1CCNC1. The van der Waals surface area contributed by atoms with Gasteiger partial charge in [0.25, 0.3) is 0 Å². The summed E-state index contributed by atoms with van der Waals surface area (Å²) in [4.78, 5) is 4.07. The number of nitrogens with one attached hydrogen (secondary N) is 1. The lowest BCUT2D eigenvalue weighted by molar-refractivity contribution is 0.252. The molecule has 76 valence electrons. The summed E-state index contributed by atoms with van der Waals surface area (Å²) in [6, 6.07) is 3.61. The maximum atomic E-state index is 5.70. The van der Waals surface area contributed by atoms with Crippen LogP contribution in [-0.2, 0) is 0 Å². The van der Waals surface area contributed by atoms with Gasteiger partial charge >= 0.3 is 0 Å². The topological polar surface area (TPSA) is 60.2 Å². The van der Waals surface area contributed by atoms with Gasteiger partial charge in [-0.05, 0) is 25.1 Å². The van der Waals surface area contributed by atoms with Gasteiger partial charge in [-0.15, -0.1) is 0 Å². The predicted molar refractivity (Wildman–Crippen MR) is 55.1 cm³/mol. The van der Waals surface area contributed by atoms with Gasteiger partial charge in [-0.2, -0.15) is 0 Å². The van der Waals surface area contributed by atoms with Gasteiger partial charge in [0.2, 0.25) is 5.88 Å². The fourth-order valence-corrected chi connectivity index (χ4v) is 1.58. The zero-order valence-corrected chi connectivity index (χ0v) is 8.07. The molecule has 2 heterocycles. The van der Waals surface area contributed by atoms with E-state index in [-0.39, 0.29) is 0 Å². The van der Waals surface area contributed by atoms with E-state index in [0.717, 1.165) is 13.1 Å². The largest absolute Gasteiger partial charge is 0.476 e. The highest BCUT2D eigenvalue weighted by molar-refractivity contribution is 5.46. The van der Waals surface area contributed by atoms with E-state index < -0.39 is 0 Å². The molecule has 1 atom stereocenters. The molecule has 0 amide bonds. The molecule has 0 bridgehead atoms. The van der Waals surface area contributed by atoms with Crippen molar-refractivity contribution in [2.24, 2.45) is 5.92 Å². The molecular formula is C10H15N3O. The van der Waals surface area contributed by atoms with E-state index in [4.69, 9.17) is 10.5 Å². The third kappa shape index (κ3) is 2.14. The standard InChI is InChI=1S/C10H15N3O/c11-9-2-1-4-13-10(9)14-7-8-3-5-12-6-8/h1-2,4,8,12H,3,5-7,11H2. The first-order chi connectivity index (χ1) is 6.86. The number of nitrogens with two attached hydrogens (primary N) is 1. The molecule has 1 aromatic heterocycles.